The van der Waals surface area contributed by atoms with Gasteiger partial charge in [0.15, 0.2) is 6.29 Å². The van der Waals surface area contributed by atoms with Crippen molar-refractivity contribution in [1.29, 1.82) is 0 Å². The zero-order valence-corrected chi connectivity index (χ0v) is 10.9. The molecule has 0 spiro atoms. The monoisotopic (exact) mass is 242 g/mol. The number of fused-ring (bicyclic) bond motifs is 1. The maximum Gasteiger partial charge on any atom is 0.306 e. The van der Waals surface area contributed by atoms with E-state index in [9.17, 15) is 4.79 Å². The van der Waals surface area contributed by atoms with Gasteiger partial charge in [-0.15, -0.1) is 0 Å². The Labute approximate surface area is 103 Å². The van der Waals surface area contributed by atoms with Gasteiger partial charge in [-0.25, -0.2) is 0 Å². The molecular weight excluding hydrogens is 220 g/mol. The quantitative estimate of drug-likeness (QED) is 0.711. The summed E-state index contributed by atoms with van der Waals surface area (Å²) >= 11 is 0. The number of esters is 1. The fourth-order valence-corrected chi connectivity index (χ4v) is 3.06. The smallest absolute Gasteiger partial charge is 0.306 e. The summed E-state index contributed by atoms with van der Waals surface area (Å²) < 4.78 is 16.4. The molecular formula is C13H22O4. The maximum absolute atomic E-state index is 11.6. The summed E-state index contributed by atoms with van der Waals surface area (Å²) in [4.78, 5) is 11.6. The SMILES string of the molecule is CCOC(=O)C[C@]1(C)CC[C@H]2O[C@@H](C)OC[C@H]21. The minimum absolute atomic E-state index is 0.0307. The van der Waals surface area contributed by atoms with Crippen LogP contribution in [-0.4, -0.2) is 31.6 Å². The van der Waals surface area contributed by atoms with Gasteiger partial charge in [0.05, 0.1) is 25.7 Å². The van der Waals surface area contributed by atoms with E-state index in [4.69, 9.17) is 14.2 Å². The van der Waals surface area contributed by atoms with E-state index in [2.05, 4.69) is 6.92 Å². The fourth-order valence-electron chi connectivity index (χ4n) is 3.06. The van der Waals surface area contributed by atoms with Gasteiger partial charge in [0.1, 0.15) is 0 Å². The number of carbonyl (C=O) groups excluding carboxylic acids is 1. The van der Waals surface area contributed by atoms with E-state index < -0.39 is 0 Å². The van der Waals surface area contributed by atoms with E-state index >= 15 is 0 Å². The Hall–Kier alpha value is -0.610. The van der Waals surface area contributed by atoms with Crippen LogP contribution < -0.4 is 0 Å². The highest BCUT2D eigenvalue weighted by Crippen LogP contribution is 2.49. The van der Waals surface area contributed by atoms with Crippen LogP contribution in [0.25, 0.3) is 0 Å². The van der Waals surface area contributed by atoms with Crippen LogP contribution in [0, 0.1) is 11.3 Å². The molecule has 1 heterocycles. The number of hydrogen-bond acceptors (Lipinski definition) is 4. The molecule has 4 heteroatoms. The van der Waals surface area contributed by atoms with Crippen molar-refractivity contribution in [3.8, 4) is 0 Å². The average molecular weight is 242 g/mol. The van der Waals surface area contributed by atoms with Crippen molar-refractivity contribution in [1.82, 2.24) is 0 Å². The van der Waals surface area contributed by atoms with E-state index in [1.165, 1.54) is 0 Å². The second-order valence-electron chi connectivity index (χ2n) is 5.36. The first-order valence-electron chi connectivity index (χ1n) is 6.48. The zero-order chi connectivity index (χ0) is 12.5. The van der Waals surface area contributed by atoms with Crippen molar-refractivity contribution in [2.75, 3.05) is 13.2 Å². The van der Waals surface area contributed by atoms with Gasteiger partial charge in [-0.3, -0.25) is 4.79 Å². The second kappa shape index (κ2) is 4.94. The summed E-state index contributed by atoms with van der Waals surface area (Å²) in [6, 6.07) is 0. The Bertz CT molecular complexity index is 291. The summed E-state index contributed by atoms with van der Waals surface area (Å²) in [6.07, 6.45) is 2.65. The predicted octanol–water partition coefficient (Wildman–Crippen LogP) is 2.12. The molecule has 1 aliphatic heterocycles. The fraction of sp³-hybridized carbons (Fsp3) is 0.923. The molecule has 0 aromatic carbocycles. The Morgan fingerprint density at radius 3 is 3.00 bits per heavy atom. The van der Waals surface area contributed by atoms with E-state index in [0.29, 0.717) is 25.6 Å². The van der Waals surface area contributed by atoms with Gasteiger partial charge < -0.3 is 14.2 Å². The van der Waals surface area contributed by atoms with E-state index in [1.54, 1.807) is 0 Å². The molecule has 17 heavy (non-hydrogen) atoms. The molecule has 0 amide bonds. The molecule has 1 saturated carbocycles. The standard InChI is InChI=1S/C13H22O4/c1-4-15-12(14)7-13(3)6-5-11-10(13)8-16-9(2)17-11/h9-11H,4-8H2,1-3H3/t9-,10+,11+,13-/m0/s1. The maximum atomic E-state index is 11.6. The molecule has 0 unspecified atom stereocenters. The number of carbonyl (C=O) groups is 1. The Morgan fingerprint density at radius 1 is 1.53 bits per heavy atom. The lowest BCUT2D eigenvalue weighted by atomic mass is 9.76. The third-order valence-electron chi connectivity index (χ3n) is 4.07. The number of rotatable bonds is 3. The van der Waals surface area contributed by atoms with Crippen LogP contribution in [0.2, 0.25) is 0 Å². The molecule has 0 N–H and O–H groups in total. The Kier molecular flexibility index (Phi) is 3.73. The lowest BCUT2D eigenvalue weighted by Crippen LogP contribution is -2.42. The third kappa shape index (κ3) is 2.63. The van der Waals surface area contributed by atoms with Gasteiger partial charge in [0.2, 0.25) is 0 Å². The van der Waals surface area contributed by atoms with Crippen molar-refractivity contribution in [3.63, 3.8) is 0 Å². The largest absolute Gasteiger partial charge is 0.466 e. The van der Waals surface area contributed by atoms with Crippen LogP contribution in [0.5, 0.6) is 0 Å². The molecule has 2 fully saturated rings. The van der Waals surface area contributed by atoms with Gasteiger partial charge in [-0.05, 0) is 32.1 Å². The normalized spacial score (nSPS) is 41.0. The van der Waals surface area contributed by atoms with Crippen LogP contribution in [0.15, 0.2) is 0 Å². The molecule has 2 rings (SSSR count). The summed E-state index contributed by atoms with van der Waals surface area (Å²) in [5, 5.41) is 0. The average Bonchev–Trinajstić information content (AvgIpc) is 2.56. The van der Waals surface area contributed by atoms with Gasteiger partial charge in [-0.2, -0.15) is 0 Å². The van der Waals surface area contributed by atoms with Crippen molar-refractivity contribution in [3.05, 3.63) is 0 Å². The highest BCUT2D eigenvalue weighted by atomic mass is 16.7. The summed E-state index contributed by atoms with van der Waals surface area (Å²) in [5.74, 6) is 0.220. The molecule has 0 bridgehead atoms. The van der Waals surface area contributed by atoms with E-state index in [1.807, 2.05) is 13.8 Å². The number of ether oxygens (including phenoxy) is 3. The van der Waals surface area contributed by atoms with Crippen LogP contribution in [0.4, 0.5) is 0 Å². The number of hydrogen-bond donors (Lipinski definition) is 0. The van der Waals surface area contributed by atoms with Gasteiger partial charge >= 0.3 is 5.97 Å². The second-order valence-corrected chi connectivity index (χ2v) is 5.36. The summed E-state index contributed by atoms with van der Waals surface area (Å²) in [6.45, 7) is 7.06. The highest BCUT2D eigenvalue weighted by molar-refractivity contribution is 5.70. The van der Waals surface area contributed by atoms with Crippen molar-refractivity contribution < 1.29 is 19.0 Å². The summed E-state index contributed by atoms with van der Waals surface area (Å²) in [5.41, 5.74) is -0.0307. The van der Waals surface area contributed by atoms with Crippen LogP contribution in [0.1, 0.15) is 40.0 Å². The van der Waals surface area contributed by atoms with Crippen molar-refractivity contribution in [2.45, 2.75) is 52.4 Å². The molecule has 4 nitrogen and oxygen atoms in total. The van der Waals surface area contributed by atoms with Crippen LogP contribution >= 0.6 is 0 Å². The van der Waals surface area contributed by atoms with Crippen molar-refractivity contribution >= 4 is 5.97 Å². The van der Waals surface area contributed by atoms with Crippen LogP contribution in [-0.2, 0) is 19.0 Å². The first kappa shape index (κ1) is 12.8. The Morgan fingerprint density at radius 2 is 2.29 bits per heavy atom. The molecule has 0 aromatic rings. The molecule has 2 aliphatic rings. The first-order chi connectivity index (χ1) is 8.05. The third-order valence-corrected chi connectivity index (χ3v) is 4.07. The lowest BCUT2D eigenvalue weighted by molar-refractivity contribution is -0.231. The van der Waals surface area contributed by atoms with Gasteiger partial charge in [0, 0.05) is 5.92 Å². The molecule has 1 saturated heterocycles. The highest BCUT2D eigenvalue weighted by Gasteiger charge is 2.49. The van der Waals surface area contributed by atoms with E-state index in [0.717, 1.165) is 12.8 Å². The molecule has 0 radical (unpaired) electrons. The van der Waals surface area contributed by atoms with Crippen LogP contribution in [0.3, 0.4) is 0 Å². The molecule has 98 valence electrons. The van der Waals surface area contributed by atoms with E-state index in [-0.39, 0.29) is 23.8 Å². The molecule has 1 aliphatic carbocycles. The molecule has 0 aromatic heterocycles. The van der Waals surface area contributed by atoms with Gasteiger partial charge in [-0.1, -0.05) is 6.92 Å². The minimum Gasteiger partial charge on any atom is -0.466 e. The molecule has 4 atom stereocenters. The van der Waals surface area contributed by atoms with Gasteiger partial charge in [0.25, 0.3) is 0 Å². The minimum atomic E-state index is -0.110. The Balaban J connectivity index is 1.99. The lowest BCUT2D eigenvalue weighted by Gasteiger charge is -2.38. The first-order valence-corrected chi connectivity index (χ1v) is 6.48. The predicted molar refractivity (Wildman–Crippen MR) is 62.4 cm³/mol. The topological polar surface area (TPSA) is 44.8 Å². The summed E-state index contributed by atoms with van der Waals surface area (Å²) in [7, 11) is 0. The zero-order valence-electron chi connectivity index (χ0n) is 10.9. The van der Waals surface area contributed by atoms with Crippen molar-refractivity contribution in [2.24, 2.45) is 11.3 Å².